The maximum Gasteiger partial charge on any atom is 0.148 e. The second-order valence-corrected chi connectivity index (χ2v) is 5.74. The zero-order valence-electron chi connectivity index (χ0n) is 9.25. The summed E-state index contributed by atoms with van der Waals surface area (Å²) >= 11 is 0. The van der Waals surface area contributed by atoms with Crippen molar-refractivity contribution in [1.82, 2.24) is 5.32 Å². The third-order valence-electron chi connectivity index (χ3n) is 1.64. The van der Waals surface area contributed by atoms with Crippen molar-refractivity contribution < 1.29 is 13.2 Å². The van der Waals surface area contributed by atoms with Crippen LogP contribution in [0.4, 0.5) is 0 Å². The van der Waals surface area contributed by atoms with Crippen LogP contribution in [-0.2, 0) is 14.6 Å². The Balaban J connectivity index is 3.41. The first kappa shape index (κ1) is 13.9. The van der Waals surface area contributed by atoms with Crippen LogP contribution in [0.3, 0.4) is 0 Å². The predicted molar refractivity (Wildman–Crippen MR) is 58.3 cm³/mol. The van der Waals surface area contributed by atoms with Crippen molar-refractivity contribution in [2.75, 3.05) is 31.8 Å². The van der Waals surface area contributed by atoms with Crippen LogP contribution in [0.5, 0.6) is 0 Å². The summed E-state index contributed by atoms with van der Waals surface area (Å²) < 4.78 is 27.1. The van der Waals surface area contributed by atoms with Crippen molar-refractivity contribution in [3.8, 4) is 0 Å². The van der Waals surface area contributed by atoms with E-state index in [2.05, 4.69) is 12.2 Å². The van der Waals surface area contributed by atoms with Crippen LogP contribution in [0, 0.1) is 0 Å². The molecule has 0 radical (unpaired) electrons. The predicted octanol–water partition coefficient (Wildman–Crippen LogP) is 0.436. The third-order valence-corrected chi connectivity index (χ3v) is 2.75. The molecule has 0 fully saturated rings. The number of hydrogen-bond donors (Lipinski definition) is 1. The maximum atomic E-state index is 10.9. The number of ether oxygens (including phenoxy) is 1. The van der Waals surface area contributed by atoms with Gasteiger partial charge in [0, 0.05) is 25.4 Å². The van der Waals surface area contributed by atoms with E-state index in [4.69, 9.17) is 4.74 Å². The number of rotatable bonds is 8. The molecule has 86 valence electrons. The van der Waals surface area contributed by atoms with Crippen molar-refractivity contribution in [3.05, 3.63) is 0 Å². The van der Waals surface area contributed by atoms with Crippen LogP contribution in [0.2, 0.25) is 0 Å². The van der Waals surface area contributed by atoms with Gasteiger partial charge in [-0.1, -0.05) is 6.92 Å². The van der Waals surface area contributed by atoms with Gasteiger partial charge in [-0.15, -0.1) is 0 Å². The first-order valence-corrected chi connectivity index (χ1v) is 7.00. The average Bonchev–Trinajstić information content (AvgIpc) is 2.00. The SMILES string of the molecule is CCCOCCNC(C)CS(C)(=O)=O. The molecule has 0 aromatic rings. The van der Waals surface area contributed by atoms with E-state index < -0.39 is 9.84 Å². The maximum absolute atomic E-state index is 10.9. The lowest BCUT2D eigenvalue weighted by Crippen LogP contribution is -2.34. The van der Waals surface area contributed by atoms with Gasteiger partial charge in [0.05, 0.1) is 12.4 Å². The Morgan fingerprint density at radius 2 is 2.00 bits per heavy atom. The molecule has 4 nitrogen and oxygen atoms in total. The standard InChI is InChI=1S/C9H21NO3S/c1-4-6-13-7-5-10-9(2)8-14(3,11)12/h9-10H,4-8H2,1-3H3. The molecule has 1 atom stereocenters. The van der Waals surface area contributed by atoms with Crippen LogP contribution < -0.4 is 5.32 Å². The molecule has 0 aromatic carbocycles. The highest BCUT2D eigenvalue weighted by Gasteiger charge is 2.08. The van der Waals surface area contributed by atoms with Crippen molar-refractivity contribution in [2.24, 2.45) is 0 Å². The molecule has 0 spiro atoms. The second-order valence-electron chi connectivity index (χ2n) is 3.56. The van der Waals surface area contributed by atoms with E-state index in [9.17, 15) is 8.42 Å². The van der Waals surface area contributed by atoms with Crippen LogP contribution in [0.15, 0.2) is 0 Å². The average molecular weight is 223 g/mol. The first-order valence-electron chi connectivity index (χ1n) is 4.94. The molecule has 0 heterocycles. The fourth-order valence-corrected chi connectivity index (χ4v) is 2.16. The van der Waals surface area contributed by atoms with E-state index in [-0.39, 0.29) is 11.8 Å². The Kier molecular flexibility index (Phi) is 7.13. The monoisotopic (exact) mass is 223 g/mol. The molecule has 0 aliphatic heterocycles. The minimum Gasteiger partial charge on any atom is -0.380 e. The van der Waals surface area contributed by atoms with Crippen LogP contribution in [-0.4, -0.2) is 46.2 Å². The molecular weight excluding hydrogens is 202 g/mol. The zero-order valence-corrected chi connectivity index (χ0v) is 10.1. The Morgan fingerprint density at radius 3 is 2.50 bits per heavy atom. The Labute approximate surface area is 86.9 Å². The van der Waals surface area contributed by atoms with Gasteiger partial charge in [-0.2, -0.15) is 0 Å². The lowest BCUT2D eigenvalue weighted by atomic mass is 10.4. The number of sulfone groups is 1. The highest BCUT2D eigenvalue weighted by Crippen LogP contribution is 1.89. The summed E-state index contributed by atoms with van der Waals surface area (Å²) in [7, 11) is -2.87. The fraction of sp³-hybridized carbons (Fsp3) is 1.00. The lowest BCUT2D eigenvalue weighted by Gasteiger charge is -2.12. The topological polar surface area (TPSA) is 55.4 Å². The van der Waals surface area contributed by atoms with Gasteiger partial charge in [-0.25, -0.2) is 8.42 Å². The van der Waals surface area contributed by atoms with E-state index >= 15 is 0 Å². The summed E-state index contributed by atoms with van der Waals surface area (Å²) in [5.41, 5.74) is 0. The van der Waals surface area contributed by atoms with Gasteiger partial charge in [0.15, 0.2) is 0 Å². The van der Waals surface area contributed by atoms with Gasteiger partial charge in [-0.05, 0) is 13.3 Å². The summed E-state index contributed by atoms with van der Waals surface area (Å²) in [5, 5.41) is 3.09. The second kappa shape index (κ2) is 7.20. The van der Waals surface area contributed by atoms with Gasteiger partial charge < -0.3 is 10.1 Å². The first-order chi connectivity index (χ1) is 6.45. The van der Waals surface area contributed by atoms with Crippen molar-refractivity contribution >= 4 is 9.84 Å². The molecular formula is C9H21NO3S. The fourth-order valence-electron chi connectivity index (χ4n) is 1.14. The summed E-state index contributed by atoms with van der Waals surface area (Å²) in [4.78, 5) is 0. The van der Waals surface area contributed by atoms with E-state index in [1.807, 2.05) is 6.92 Å². The molecule has 1 unspecified atom stereocenters. The zero-order chi connectivity index (χ0) is 11.0. The van der Waals surface area contributed by atoms with Crippen LogP contribution >= 0.6 is 0 Å². The summed E-state index contributed by atoms with van der Waals surface area (Å²) in [5.74, 6) is 0.181. The van der Waals surface area contributed by atoms with Gasteiger partial charge in [0.1, 0.15) is 9.84 Å². The molecule has 0 aliphatic carbocycles. The van der Waals surface area contributed by atoms with Crippen LogP contribution in [0.1, 0.15) is 20.3 Å². The molecule has 1 N–H and O–H groups in total. The lowest BCUT2D eigenvalue weighted by molar-refractivity contribution is 0.135. The normalized spacial score (nSPS) is 14.2. The summed E-state index contributed by atoms with van der Waals surface area (Å²) in [6.07, 6.45) is 2.26. The van der Waals surface area contributed by atoms with E-state index in [1.165, 1.54) is 6.26 Å². The minimum atomic E-state index is -2.87. The molecule has 0 saturated carbocycles. The smallest absolute Gasteiger partial charge is 0.148 e. The van der Waals surface area contributed by atoms with Crippen LogP contribution in [0.25, 0.3) is 0 Å². The van der Waals surface area contributed by atoms with E-state index in [0.29, 0.717) is 13.2 Å². The van der Waals surface area contributed by atoms with E-state index in [0.717, 1.165) is 13.0 Å². The molecule has 0 aliphatic rings. The van der Waals surface area contributed by atoms with Gasteiger partial charge >= 0.3 is 0 Å². The van der Waals surface area contributed by atoms with Gasteiger partial charge in [-0.3, -0.25) is 0 Å². The molecule has 0 aromatic heterocycles. The highest BCUT2D eigenvalue weighted by atomic mass is 32.2. The minimum absolute atomic E-state index is 0.00442. The third kappa shape index (κ3) is 9.95. The van der Waals surface area contributed by atoms with Gasteiger partial charge in [0.2, 0.25) is 0 Å². The molecule has 0 amide bonds. The molecule has 0 bridgehead atoms. The van der Waals surface area contributed by atoms with Gasteiger partial charge in [0.25, 0.3) is 0 Å². The summed E-state index contributed by atoms with van der Waals surface area (Å²) in [6, 6.07) is -0.00442. The number of hydrogen-bond acceptors (Lipinski definition) is 4. The quantitative estimate of drug-likeness (QED) is 0.607. The molecule has 0 rings (SSSR count). The Morgan fingerprint density at radius 1 is 1.36 bits per heavy atom. The summed E-state index contributed by atoms with van der Waals surface area (Å²) in [6.45, 7) is 6.03. The Bertz CT molecular complexity index is 226. The van der Waals surface area contributed by atoms with E-state index in [1.54, 1.807) is 0 Å². The number of nitrogens with one attached hydrogen (secondary N) is 1. The van der Waals surface area contributed by atoms with Crippen molar-refractivity contribution in [1.29, 1.82) is 0 Å². The molecule has 14 heavy (non-hydrogen) atoms. The van der Waals surface area contributed by atoms with Crippen molar-refractivity contribution in [2.45, 2.75) is 26.3 Å². The van der Waals surface area contributed by atoms with Crippen molar-refractivity contribution in [3.63, 3.8) is 0 Å². The molecule has 5 heteroatoms. The largest absolute Gasteiger partial charge is 0.380 e. The molecule has 0 saturated heterocycles. The highest BCUT2D eigenvalue weighted by molar-refractivity contribution is 7.90. The Hall–Kier alpha value is -0.130.